The lowest BCUT2D eigenvalue weighted by molar-refractivity contribution is -0.176. The van der Waals surface area contributed by atoms with Gasteiger partial charge in [0.25, 0.3) is 0 Å². The average molecular weight is 221 g/mol. The van der Waals surface area contributed by atoms with Crippen molar-refractivity contribution in [3.8, 4) is 0 Å². The minimum atomic E-state index is -4.00. The van der Waals surface area contributed by atoms with Crippen LogP contribution in [0.1, 0.15) is 12.8 Å². The summed E-state index contributed by atoms with van der Waals surface area (Å²) in [5, 5.41) is 2.95. The Hall–Kier alpha value is -1.04. The van der Waals surface area contributed by atoms with E-state index in [2.05, 4.69) is 10.1 Å². The summed E-state index contributed by atoms with van der Waals surface area (Å²) in [7, 11) is 0.839. The third-order valence-corrected chi connectivity index (χ3v) is 2.46. The van der Waals surface area contributed by atoms with E-state index in [4.69, 9.17) is 0 Å². The molecule has 0 aliphatic carbocycles. The van der Waals surface area contributed by atoms with Gasteiger partial charge in [-0.25, -0.2) is 4.79 Å². The Morgan fingerprint density at radius 2 is 1.87 bits per heavy atom. The second-order valence-electron chi connectivity index (χ2n) is 3.45. The number of rotatable bonds is 3. The van der Waals surface area contributed by atoms with E-state index >= 15 is 0 Å². The van der Waals surface area contributed by atoms with E-state index in [9.17, 15) is 18.4 Å². The predicted molar refractivity (Wildman–Crippen MR) is 47.6 cm³/mol. The number of halogens is 2. The van der Waals surface area contributed by atoms with Gasteiger partial charge >= 0.3 is 11.9 Å². The third-order valence-electron chi connectivity index (χ3n) is 2.46. The number of carbonyl (C=O) groups excluding carboxylic acids is 2. The van der Waals surface area contributed by atoms with Crippen molar-refractivity contribution in [1.82, 2.24) is 5.32 Å². The quantitative estimate of drug-likeness (QED) is 0.552. The molecule has 0 unspecified atom stereocenters. The standard InChI is InChI=1S/C9H13F2NO3/c1-15-8(14)9(10,11)7(13)6-2-4-12-5-3-6/h6,12H,2-5H2,1H3. The minimum Gasteiger partial charge on any atom is -0.464 e. The van der Waals surface area contributed by atoms with Gasteiger partial charge in [0.15, 0.2) is 0 Å². The van der Waals surface area contributed by atoms with E-state index < -0.39 is 23.6 Å². The minimum absolute atomic E-state index is 0.339. The first-order valence-electron chi connectivity index (χ1n) is 4.71. The first kappa shape index (κ1) is 12.0. The number of piperidine rings is 1. The second kappa shape index (κ2) is 4.65. The molecular weight excluding hydrogens is 208 g/mol. The summed E-state index contributed by atoms with van der Waals surface area (Å²) < 4.78 is 30.2. The fraction of sp³-hybridized carbons (Fsp3) is 0.778. The topological polar surface area (TPSA) is 55.4 Å². The van der Waals surface area contributed by atoms with Gasteiger partial charge in [-0.15, -0.1) is 0 Å². The SMILES string of the molecule is COC(=O)C(F)(F)C(=O)C1CCNCC1. The van der Waals surface area contributed by atoms with Crippen LogP contribution in [-0.2, 0) is 14.3 Å². The van der Waals surface area contributed by atoms with Crippen molar-refractivity contribution in [3.05, 3.63) is 0 Å². The van der Waals surface area contributed by atoms with Gasteiger partial charge in [-0.2, -0.15) is 8.78 Å². The summed E-state index contributed by atoms with van der Waals surface area (Å²) in [4.78, 5) is 22.1. The first-order valence-corrected chi connectivity index (χ1v) is 4.71. The molecule has 86 valence electrons. The summed E-state index contributed by atoms with van der Waals surface area (Å²) in [6.07, 6.45) is 0.677. The first-order chi connectivity index (χ1) is 7.00. The second-order valence-corrected chi connectivity index (χ2v) is 3.45. The highest BCUT2D eigenvalue weighted by atomic mass is 19.3. The van der Waals surface area contributed by atoms with Crippen molar-refractivity contribution in [2.75, 3.05) is 20.2 Å². The van der Waals surface area contributed by atoms with Crippen molar-refractivity contribution in [1.29, 1.82) is 0 Å². The van der Waals surface area contributed by atoms with E-state index in [1.807, 2.05) is 0 Å². The van der Waals surface area contributed by atoms with Crippen LogP contribution in [0, 0.1) is 5.92 Å². The Morgan fingerprint density at radius 1 is 1.33 bits per heavy atom. The van der Waals surface area contributed by atoms with E-state index in [0.29, 0.717) is 25.9 Å². The molecule has 0 amide bonds. The third kappa shape index (κ3) is 2.50. The van der Waals surface area contributed by atoms with Gasteiger partial charge in [0.2, 0.25) is 5.78 Å². The average Bonchev–Trinajstić information content (AvgIpc) is 2.28. The maximum atomic E-state index is 13.2. The van der Waals surface area contributed by atoms with E-state index in [1.165, 1.54) is 0 Å². The zero-order chi connectivity index (χ0) is 11.5. The Bertz CT molecular complexity index is 262. The van der Waals surface area contributed by atoms with Crippen LogP contribution in [0.5, 0.6) is 0 Å². The van der Waals surface area contributed by atoms with Gasteiger partial charge in [-0.05, 0) is 25.9 Å². The van der Waals surface area contributed by atoms with Crippen LogP contribution in [0.3, 0.4) is 0 Å². The molecule has 0 atom stereocenters. The number of alkyl halides is 2. The number of esters is 1. The molecule has 0 bridgehead atoms. The number of ketones is 1. The molecule has 6 heteroatoms. The van der Waals surface area contributed by atoms with Crippen LogP contribution in [0.2, 0.25) is 0 Å². The number of nitrogens with one attached hydrogen (secondary N) is 1. The molecule has 1 saturated heterocycles. The maximum Gasteiger partial charge on any atom is 0.400 e. The molecule has 4 nitrogen and oxygen atoms in total. The van der Waals surface area contributed by atoms with Crippen molar-refractivity contribution >= 4 is 11.8 Å². The number of ether oxygens (including phenoxy) is 1. The fourth-order valence-corrected chi connectivity index (χ4v) is 1.57. The highest BCUT2D eigenvalue weighted by molar-refractivity contribution is 6.06. The molecule has 0 saturated carbocycles. The number of methoxy groups -OCH3 is 1. The van der Waals surface area contributed by atoms with Crippen LogP contribution < -0.4 is 5.32 Å². The molecule has 1 aliphatic heterocycles. The van der Waals surface area contributed by atoms with Crippen molar-refractivity contribution in [2.24, 2.45) is 5.92 Å². The van der Waals surface area contributed by atoms with E-state index in [1.54, 1.807) is 0 Å². The lowest BCUT2D eigenvalue weighted by Crippen LogP contribution is -2.45. The smallest absolute Gasteiger partial charge is 0.400 e. The maximum absolute atomic E-state index is 13.2. The molecule has 0 aromatic heterocycles. The van der Waals surface area contributed by atoms with Gasteiger partial charge < -0.3 is 10.1 Å². The Morgan fingerprint density at radius 3 is 2.33 bits per heavy atom. The zero-order valence-electron chi connectivity index (χ0n) is 8.39. The van der Waals surface area contributed by atoms with Crippen LogP contribution in [0.15, 0.2) is 0 Å². The fourth-order valence-electron chi connectivity index (χ4n) is 1.57. The molecule has 0 spiro atoms. The van der Waals surface area contributed by atoms with Crippen LogP contribution in [0.25, 0.3) is 0 Å². The van der Waals surface area contributed by atoms with Crippen molar-refractivity contribution < 1.29 is 23.1 Å². The van der Waals surface area contributed by atoms with Crippen molar-refractivity contribution in [2.45, 2.75) is 18.8 Å². The predicted octanol–water partition coefficient (Wildman–Crippen LogP) is 0.363. The number of carbonyl (C=O) groups is 2. The van der Waals surface area contributed by atoms with Gasteiger partial charge in [-0.3, -0.25) is 4.79 Å². The summed E-state index contributed by atoms with van der Waals surface area (Å²) in [6, 6.07) is 0. The summed E-state index contributed by atoms with van der Waals surface area (Å²) in [5.74, 6) is -7.85. The molecule has 1 aliphatic rings. The lowest BCUT2D eigenvalue weighted by Gasteiger charge is -2.24. The van der Waals surface area contributed by atoms with Gasteiger partial charge in [0.1, 0.15) is 0 Å². The van der Waals surface area contributed by atoms with Gasteiger partial charge in [0.05, 0.1) is 7.11 Å². The van der Waals surface area contributed by atoms with Gasteiger partial charge in [0, 0.05) is 5.92 Å². The summed E-state index contributed by atoms with van der Waals surface area (Å²) >= 11 is 0. The molecule has 1 N–H and O–H groups in total. The summed E-state index contributed by atoms with van der Waals surface area (Å²) in [6.45, 7) is 1.04. The normalized spacial score (nSPS) is 18.6. The highest BCUT2D eigenvalue weighted by Gasteiger charge is 2.51. The van der Waals surface area contributed by atoms with E-state index in [-0.39, 0.29) is 0 Å². The number of Topliss-reactive ketones (excluding diaryl/α,β-unsaturated/α-hetero) is 1. The van der Waals surface area contributed by atoms with Crippen molar-refractivity contribution in [3.63, 3.8) is 0 Å². The molecule has 1 rings (SSSR count). The van der Waals surface area contributed by atoms with Gasteiger partial charge in [-0.1, -0.05) is 0 Å². The molecular formula is C9H13F2NO3. The van der Waals surface area contributed by atoms with Crippen LogP contribution >= 0.6 is 0 Å². The highest BCUT2D eigenvalue weighted by Crippen LogP contribution is 2.25. The molecule has 0 aromatic carbocycles. The van der Waals surface area contributed by atoms with Crippen LogP contribution in [-0.4, -0.2) is 37.9 Å². The Labute approximate surface area is 86.0 Å². The molecule has 15 heavy (non-hydrogen) atoms. The molecule has 0 radical (unpaired) electrons. The lowest BCUT2D eigenvalue weighted by atomic mass is 9.90. The largest absolute Gasteiger partial charge is 0.464 e. The zero-order valence-corrected chi connectivity index (χ0v) is 8.39. The Balaban J connectivity index is 2.69. The van der Waals surface area contributed by atoms with Crippen LogP contribution in [0.4, 0.5) is 8.78 Å². The monoisotopic (exact) mass is 221 g/mol. The number of hydrogen-bond donors (Lipinski definition) is 1. The molecule has 1 heterocycles. The van der Waals surface area contributed by atoms with E-state index in [0.717, 1.165) is 7.11 Å². The number of hydrogen-bond acceptors (Lipinski definition) is 4. The Kier molecular flexibility index (Phi) is 3.73. The molecule has 1 fully saturated rings. The summed E-state index contributed by atoms with van der Waals surface area (Å²) in [5.41, 5.74) is 0. The molecule has 0 aromatic rings.